The maximum Gasteiger partial charge on any atom is 0.163 e. The largest absolute Gasteiger partial charge is 0.486 e. The van der Waals surface area contributed by atoms with Crippen molar-refractivity contribution in [3.63, 3.8) is 0 Å². The van der Waals surface area contributed by atoms with Crippen LogP contribution in [0, 0.1) is 12.8 Å². The maximum atomic E-state index is 5.63. The Labute approximate surface area is 114 Å². The molecule has 2 N–H and O–H groups in total. The zero-order valence-electron chi connectivity index (χ0n) is 11.5. The summed E-state index contributed by atoms with van der Waals surface area (Å²) in [5.41, 5.74) is 2.38. The van der Waals surface area contributed by atoms with Crippen molar-refractivity contribution in [1.29, 1.82) is 0 Å². The van der Waals surface area contributed by atoms with E-state index >= 15 is 0 Å². The van der Waals surface area contributed by atoms with E-state index in [0.29, 0.717) is 13.2 Å². The van der Waals surface area contributed by atoms with Crippen molar-refractivity contribution in [3.8, 4) is 11.5 Å². The molecule has 2 heterocycles. The number of anilines is 1. The van der Waals surface area contributed by atoms with Crippen LogP contribution in [-0.4, -0.2) is 32.8 Å². The maximum absolute atomic E-state index is 5.63. The first kappa shape index (κ1) is 12.6. The third-order valence-electron chi connectivity index (χ3n) is 3.87. The highest BCUT2D eigenvalue weighted by atomic mass is 16.6. The van der Waals surface area contributed by atoms with Crippen LogP contribution in [0.5, 0.6) is 11.5 Å². The summed E-state index contributed by atoms with van der Waals surface area (Å²) >= 11 is 0. The molecule has 4 heteroatoms. The van der Waals surface area contributed by atoms with Crippen LogP contribution in [0.15, 0.2) is 12.1 Å². The molecule has 1 aromatic rings. The number of benzene rings is 1. The summed E-state index contributed by atoms with van der Waals surface area (Å²) in [5, 5.41) is 7.01. The van der Waals surface area contributed by atoms with Crippen molar-refractivity contribution >= 4 is 5.69 Å². The molecule has 1 atom stereocenters. The number of nitrogens with one attached hydrogen (secondary N) is 2. The van der Waals surface area contributed by atoms with E-state index in [1.165, 1.54) is 24.9 Å². The van der Waals surface area contributed by atoms with E-state index in [0.717, 1.165) is 36.2 Å². The number of rotatable bonds is 3. The van der Waals surface area contributed by atoms with Gasteiger partial charge in [-0.1, -0.05) is 0 Å². The topological polar surface area (TPSA) is 42.5 Å². The summed E-state index contributed by atoms with van der Waals surface area (Å²) in [4.78, 5) is 0. The molecule has 19 heavy (non-hydrogen) atoms. The molecule has 0 amide bonds. The van der Waals surface area contributed by atoms with Gasteiger partial charge in [0, 0.05) is 18.3 Å². The highest BCUT2D eigenvalue weighted by Gasteiger charge is 2.16. The Balaban J connectivity index is 1.66. The van der Waals surface area contributed by atoms with Crippen LogP contribution >= 0.6 is 0 Å². The molecule has 0 bridgehead atoms. The number of hydrogen-bond acceptors (Lipinski definition) is 4. The van der Waals surface area contributed by atoms with Crippen molar-refractivity contribution in [3.05, 3.63) is 17.7 Å². The van der Waals surface area contributed by atoms with Gasteiger partial charge in [0.1, 0.15) is 13.2 Å². The standard InChI is InChI=1S/C15H22N2O2/c1-11-7-14-15(19-6-5-18-14)8-13(11)17-10-12-3-2-4-16-9-12/h7-8,12,16-17H,2-6,9-10H2,1H3. The van der Waals surface area contributed by atoms with Gasteiger partial charge >= 0.3 is 0 Å². The Morgan fingerprint density at radius 2 is 2.05 bits per heavy atom. The lowest BCUT2D eigenvalue weighted by molar-refractivity contribution is 0.171. The molecule has 1 unspecified atom stereocenters. The number of fused-ring (bicyclic) bond motifs is 1. The monoisotopic (exact) mass is 262 g/mol. The molecule has 1 aromatic carbocycles. The number of ether oxygens (including phenoxy) is 2. The molecule has 1 fully saturated rings. The Bertz CT molecular complexity index is 442. The molecule has 1 saturated heterocycles. The van der Waals surface area contributed by atoms with E-state index in [4.69, 9.17) is 9.47 Å². The summed E-state index contributed by atoms with van der Waals surface area (Å²) in [6.07, 6.45) is 2.59. The van der Waals surface area contributed by atoms with Gasteiger partial charge in [0.2, 0.25) is 0 Å². The summed E-state index contributed by atoms with van der Waals surface area (Å²) in [6.45, 7) is 6.71. The molecular formula is C15H22N2O2. The van der Waals surface area contributed by atoms with E-state index in [1.807, 2.05) is 0 Å². The summed E-state index contributed by atoms with van der Waals surface area (Å²) in [5.74, 6) is 2.45. The van der Waals surface area contributed by atoms with Gasteiger partial charge in [0.05, 0.1) is 0 Å². The first-order chi connectivity index (χ1) is 9.33. The smallest absolute Gasteiger partial charge is 0.163 e. The lowest BCUT2D eigenvalue weighted by atomic mass is 9.99. The fraction of sp³-hybridized carbons (Fsp3) is 0.600. The van der Waals surface area contributed by atoms with Gasteiger partial charge in [-0.05, 0) is 50.4 Å². The Kier molecular flexibility index (Phi) is 3.78. The third kappa shape index (κ3) is 2.95. The summed E-state index contributed by atoms with van der Waals surface area (Å²) in [6, 6.07) is 4.13. The first-order valence-corrected chi connectivity index (χ1v) is 7.18. The highest BCUT2D eigenvalue weighted by Crippen LogP contribution is 2.35. The molecule has 0 radical (unpaired) electrons. The van der Waals surface area contributed by atoms with E-state index in [9.17, 15) is 0 Å². The average Bonchev–Trinajstić information content (AvgIpc) is 2.46. The van der Waals surface area contributed by atoms with E-state index in [2.05, 4.69) is 29.7 Å². The van der Waals surface area contributed by atoms with Crippen molar-refractivity contribution < 1.29 is 9.47 Å². The molecule has 0 aliphatic carbocycles. The number of piperidine rings is 1. The Morgan fingerprint density at radius 3 is 2.79 bits per heavy atom. The molecule has 104 valence electrons. The molecule has 2 aliphatic rings. The Hall–Kier alpha value is -1.42. The molecule has 0 saturated carbocycles. The van der Waals surface area contributed by atoms with Crippen molar-refractivity contribution in [2.24, 2.45) is 5.92 Å². The average molecular weight is 262 g/mol. The van der Waals surface area contributed by atoms with Gasteiger partial charge in [-0.15, -0.1) is 0 Å². The van der Waals surface area contributed by atoms with Crippen LogP contribution in [0.2, 0.25) is 0 Å². The summed E-state index contributed by atoms with van der Waals surface area (Å²) in [7, 11) is 0. The third-order valence-corrected chi connectivity index (χ3v) is 3.87. The normalized spacial score (nSPS) is 22.1. The minimum absolute atomic E-state index is 0.641. The van der Waals surface area contributed by atoms with Crippen LogP contribution in [0.1, 0.15) is 18.4 Å². The quantitative estimate of drug-likeness (QED) is 0.876. The van der Waals surface area contributed by atoms with Crippen molar-refractivity contribution in [1.82, 2.24) is 5.32 Å². The van der Waals surface area contributed by atoms with Crippen LogP contribution in [0.4, 0.5) is 5.69 Å². The van der Waals surface area contributed by atoms with Crippen LogP contribution in [0.3, 0.4) is 0 Å². The number of aryl methyl sites for hydroxylation is 1. The lowest BCUT2D eigenvalue weighted by Crippen LogP contribution is -2.33. The molecular weight excluding hydrogens is 240 g/mol. The van der Waals surface area contributed by atoms with Crippen molar-refractivity contribution in [2.75, 3.05) is 38.2 Å². The predicted octanol–water partition coefficient (Wildman–Crippen LogP) is 2.18. The van der Waals surface area contributed by atoms with E-state index in [1.54, 1.807) is 0 Å². The zero-order chi connectivity index (χ0) is 13.1. The molecule has 3 rings (SSSR count). The molecule has 4 nitrogen and oxygen atoms in total. The summed E-state index contributed by atoms with van der Waals surface area (Å²) < 4.78 is 11.2. The minimum atomic E-state index is 0.641. The molecule has 2 aliphatic heterocycles. The van der Waals surface area contributed by atoms with Gasteiger partial charge in [0.15, 0.2) is 11.5 Å². The second-order valence-corrected chi connectivity index (χ2v) is 5.40. The fourth-order valence-corrected chi connectivity index (χ4v) is 2.73. The molecule has 0 spiro atoms. The van der Waals surface area contributed by atoms with E-state index in [-0.39, 0.29) is 0 Å². The second-order valence-electron chi connectivity index (χ2n) is 5.40. The highest BCUT2D eigenvalue weighted by molar-refractivity contribution is 5.60. The molecule has 0 aromatic heterocycles. The minimum Gasteiger partial charge on any atom is -0.486 e. The van der Waals surface area contributed by atoms with Gasteiger partial charge in [-0.2, -0.15) is 0 Å². The van der Waals surface area contributed by atoms with Gasteiger partial charge in [-0.3, -0.25) is 0 Å². The lowest BCUT2D eigenvalue weighted by Gasteiger charge is -2.25. The van der Waals surface area contributed by atoms with Crippen molar-refractivity contribution in [2.45, 2.75) is 19.8 Å². The zero-order valence-corrected chi connectivity index (χ0v) is 11.5. The second kappa shape index (κ2) is 5.70. The predicted molar refractivity (Wildman–Crippen MR) is 76.3 cm³/mol. The van der Waals surface area contributed by atoms with Crippen LogP contribution < -0.4 is 20.1 Å². The number of hydrogen-bond donors (Lipinski definition) is 2. The fourth-order valence-electron chi connectivity index (χ4n) is 2.73. The van der Waals surface area contributed by atoms with Crippen LogP contribution in [-0.2, 0) is 0 Å². The van der Waals surface area contributed by atoms with Gasteiger partial charge in [0.25, 0.3) is 0 Å². The SMILES string of the molecule is Cc1cc2c(cc1NCC1CCCNC1)OCCO2. The Morgan fingerprint density at radius 1 is 1.26 bits per heavy atom. The van der Waals surface area contributed by atoms with E-state index < -0.39 is 0 Å². The van der Waals surface area contributed by atoms with Crippen LogP contribution in [0.25, 0.3) is 0 Å². The van der Waals surface area contributed by atoms with Gasteiger partial charge in [-0.25, -0.2) is 0 Å². The van der Waals surface area contributed by atoms with Gasteiger partial charge < -0.3 is 20.1 Å². The first-order valence-electron chi connectivity index (χ1n) is 7.18.